The summed E-state index contributed by atoms with van der Waals surface area (Å²) in [5.74, 6) is 0.607. The number of amides is 2. The highest BCUT2D eigenvalue weighted by atomic mass is 16.2. The van der Waals surface area contributed by atoms with Crippen LogP contribution in [0, 0.1) is 5.92 Å². The highest BCUT2D eigenvalue weighted by Crippen LogP contribution is 2.29. The number of nitrogens with zero attached hydrogens (tertiary/aromatic N) is 4. The number of carbonyl (C=O) groups excluding carboxylic acids is 2. The molecule has 2 aliphatic rings. The first-order valence-electron chi connectivity index (χ1n) is 10.7. The molecule has 1 unspecified atom stereocenters. The van der Waals surface area contributed by atoms with E-state index >= 15 is 0 Å². The van der Waals surface area contributed by atoms with Gasteiger partial charge in [0, 0.05) is 19.5 Å². The van der Waals surface area contributed by atoms with Crippen molar-refractivity contribution in [1.82, 2.24) is 25.2 Å². The van der Waals surface area contributed by atoms with Crippen molar-refractivity contribution >= 4 is 11.8 Å². The molecule has 0 radical (unpaired) electrons. The molecule has 1 aromatic heterocycles. The first-order valence-corrected chi connectivity index (χ1v) is 10.7. The summed E-state index contributed by atoms with van der Waals surface area (Å²) in [4.78, 5) is 27.1. The summed E-state index contributed by atoms with van der Waals surface area (Å²) in [6.07, 6.45) is 9.26. The van der Waals surface area contributed by atoms with Gasteiger partial charge in [-0.3, -0.25) is 9.59 Å². The van der Waals surface area contributed by atoms with Gasteiger partial charge in [0.25, 0.3) is 5.91 Å². The maximum absolute atomic E-state index is 12.8. The molecular formula is C22H29N5O2. The predicted octanol–water partition coefficient (Wildman–Crippen LogP) is 2.78. The van der Waals surface area contributed by atoms with E-state index in [9.17, 15) is 9.59 Å². The Labute approximate surface area is 171 Å². The lowest BCUT2D eigenvalue weighted by atomic mass is 10.0. The minimum absolute atomic E-state index is 0.144. The Bertz CT molecular complexity index is 829. The van der Waals surface area contributed by atoms with E-state index in [1.807, 2.05) is 35.2 Å². The number of carbonyl (C=O) groups is 2. The molecule has 1 saturated heterocycles. The summed E-state index contributed by atoms with van der Waals surface area (Å²) in [5, 5.41) is 11.0. The van der Waals surface area contributed by atoms with Crippen LogP contribution in [0.4, 0.5) is 0 Å². The smallest absolute Gasteiger partial charge is 0.273 e. The minimum atomic E-state index is -0.235. The zero-order valence-electron chi connectivity index (χ0n) is 16.8. The average molecular weight is 396 g/mol. The molecule has 2 heterocycles. The highest BCUT2D eigenvalue weighted by molar-refractivity contribution is 5.91. The molecular weight excluding hydrogens is 366 g/mol. The van der Waals surface area contributed by atoms with Crippen LogP contribution in [-0.4, -0.2) is 44.3 Å². The lowest BCUT2D eigenvalue weighted by Crippen LogP contribution is -2.38. The Morgan fingerprint density at radius 1 is 1.07 bits per heavy atom. The van der Waals surface area contributed by atoms with Crippen molar-refractivity contribution in [2.75, 3.05) is 6.54 Å². The molecule has 1 atom stereocenters. The Balaban J connectivity index is 1.30. The van der Waals surface area contributed by atoms with Gasteiger partial charge in [-0.2, -0.15) is 0 Å². The van der Waals surface area contributed by atoms with Crippen LogP contribution >= 0.6 is 0 Å². The van der Waals surface area contributed by atoms with Crippen LogP contribution in [0.25, 0.3) is 0 Å². The van der Waals surface area contributed by atoms with Gasteiger partial charge >= 0.3 is 0 Å². The third-order valence-electron chi connectivity index (χ3n) is 6.10. The number of hydrogen-bond donors (Lipinski definition) is 1. The van der Waals surface area contributed by atoms with Gasteiger partial charge in [0.1, 0.15) is 0 Å². The first-order chi connectivity index (χ1) is 14.2. The molecule has 1 saturated carbocycles. The molecule has 2 amide bonds. The summed E-state index contributed by atoms with van der Waals surface area (Å²) in [6, 6.07) is 9.91. The first kappa shape index (κ1) is 19.6. The fourth-order valence-corrected chi connectivity index (χ4v) is 4.51. The topological polar surface area (TPSA) is 80.1 Å². The van der Waals surface area contributed by atoms with E-state index < -0.39 is 0 Å². The summed E-state index contributed by atoms with van der Waals surface area (Å²) < 4.78 is 1.70. The maximum Gasteiger partial charge on any atom is 0.273 e. The van der Waals surface area contributed by atoms with Crippen molar-refractivity contribution in [3.63, 3.8) is 0 Å². The van der Waals surface area contributed by atoms with Crippen molar-refractivity contribution in [1.29, 1.82) is 0 Å². The van der Waals surface area contributed by atoms with Gasteiger partial charge in [0.05, 0.1) is 18.8 Å². The monoisotopic (exact) mass is 395 g/mol. The van der Waals surface area contributed by atoms with Gasteiger partial charge in [-0.25, -0.2) is 4.68 Å². The van der Waals surface area contributed by atoms with Crippen LogP contribution in [0.2, 0.25) is 0 Å². The molecule has 29 heavy (non-hydrogen) atoms. The van der Waals surface area contributed by atoms with Crippen molar-refractivity contribution in [2.24, 2.45) is 5.92 Å². The average Bonchev–Trinajstić information content (AvgIpc) is 3.49. The van der Waals surface area contributed by atoms with E-state index in [-0.39, 0.29) is 17.9 Å². The molecule has 1 N–H and O–H groups in total. The van der Waals surface area contributed by atoms with Gasteiger partial charge in [0.2, 0.25) is 5.91 Å². The normalized spacial score (nSPS) is 19.6. The summed E-state index contributed by atoms with van der Waals surface area (Å²) in [5.41, 5.74) is 1.35. The Kier molecular flexibility index (Phi) is 6.22. The molecule has 1 aliphatic heterocycles. The largest absolute Gasteiger partial charge is 0.347 e. The Morgan fingerprint density at radius 2 is 1.86 bits per heavy atom. The fourth-order valence-electron chi connectivity index (χ4n) is 4.51. The number of benzene rings is 1. The van der Waals surface area contributed by atoms with Crippen molar-refractivity contribution < 1.29 is 9.59 Å². The van der Waals surface area contributed by atoms with Crippen LogP contribution in [0.5, 0.6) is 0 Å². The van der Waals surface area contributed by atoms with E-state index in [0.717, 1.165) is 24.9 Å². The molecule has 0 spiro atoms. The SMILES string of the molecule is O=C(NCc1ccccc1)c1cn(CC2CCCN2C(=O)CC2CCCC2)nn1. The molecule has 1 aliphatic carbocycles. The number of aromatic nitrogens is 3. The second-order valence-electron chi connectivity index (χ2n) is 8.23. The summed E-state index contributed by atoms with van der Waals surface area (Å²) in [6.45, 7) is 1.88. The van der Waals surface area contributed by atoms with Gasteiger partial charge < -0.3 is 10.2 Å². The van der Waals surface area contributed by atoms with Crippen LogP contribution < -0.4 is 5.32 Å². The molecule has 7 nitrogen and oxygen atoms in total. The standard InChI is InChI=1S/C22H29N5O2/c28-21(13-17-7-4-5-8-17)27-12-6-11-19(27)15-26-16-20(24-25-26)22(29)23-14-18-9-2-1-3-10-18/h1-3,9-10,16-17,19H,4-8,11-15H2,(H,23,29). The molecule has 1 aromatic carbocycles. The van der Waals surface area contributed by atoms with Crippen LogP contribution in [0.3, 0.4) is 0 Å². The Hall–Kier alpha value is -2.70. The third-order valence-corrected chi connectivity index (χ3v) is 6.10. The quantitative estimate of drug-likeness (QED) is 0.782. The highest BCUT2D eigenvalue weighted by Gasteiger charge is 2.31. The van der Waals surface area contributed by atoms with Gasteiger partial charge in [-0.1, -0.05) is 48.4 Å². The minimum Gasteiger partial charge on any atom is -0.347 e. The van der Waals surface area contributed by atoms with Crippen LogP contribution in [-0.2, 0) is 17.9 Å². The molecule has 2 fully saturated rings. The number of hydrogen-bond acceptors (Lipinski definition) is 4. The zero-order valence-corrected chi connectivity index (χ0v) is 16.8. The summed E-state index contributed by atoms with van der Waals surface area (Å²) >= 11 is 0. The van der Waals surface area contributed by atoms with E-state index in [1.165, 1.54) is 25.7 Å². The second-order valence-corrected chi connectivity index (χ2v) is 8.23. The lowest BCUT2D eigenvalue weighted by Gasteiger charge is -2.25. The van der Waals surface area contributed by atoms with Crippen LogP contribution in [0.1, 0.15) is 61.0 Å². The van der Waals surface area contributed by atoms with Crippen molar-refractivity contribution in [3.05, 3.63) is 47.8 Å². The maximum atomic E-state index is 12.8. The third kappa shape index (κ3) is 5.02. The van der Waals surface area contributed by atoms with Gasteiger partial charge in [0.15, 0.2) is 5.69 Å². The fraction of sp³-hybridized carbons (Fsp3) is 0.545. The summed E-state index contributed by atoms with van der Waals surface area (Å²) in [7, 11) is 0. The van der Waals surface area contributed by atoms with E-state index in [1.54, 1.807) is 10.9 Å². The second kappa shape index (κ2) is 9.20. The lowest BCUT2D eigenvalue weighted by molar-refractivity contribution is -0.133. The van der Waals surface area contributed by atoms with Crippen molar-refractivity contribution in [3.8, 4) is 0 Å². The van der Waals surface area contributed by atoms with E-state index in [0.29, 0.717) is 31.1 Å². The van der Waals surface area contributed by atoms with Crippen molar-refractivity contribution in [2.45, 2.75) is 64.1 Å². The molecule has 7 heteroatoms. The predicted molar refractivity (Wildman–Crippen MR) is 109 cm³/mol. The van der Waals surface area contributed by atoms with Crippen LogP contribution in [0.15, 0.2) is 36.5 Å². The zero-order chi connectivity index (χ0) is 20.1. The number of likely N-dealkylation sites (tertiary alicyclic amines) is 1. The van der Waals surface area contributed by atoms with E-state index in [4.69, 9.17) is 0 Å². The van der Waals surface area contributed by atoms with Gasteiger partial charge in [-0.05, 0) is 37.2 Å². The molecule has 0 bridgehead atoms. The van der Waals surface area contributed by atoms with E-state index in [2.05, 4.69) is 15.6 Å². The Morgan fingerprint density at radius 3 is 2.66 bits per heavy atom. The molecule has 154 valence electrons. The molecule has 2 aromatic rings. The number of rotatable bonds is 7. The molecule has 4 rings (SSSR count). The van der Waals surface area contributed by atoms with Gasteiger partial charge in [-0.15, -0.1) is 5.10 Å². The number of nitrogens with one attached hydrogen (secondary N) is 1.